The Labute approximate surface area is 110 Å². The quantitative estimate of drug-likeness (QED) is 0.739. The number of carbonyl (C=O) groups is 1. The summed E-state index contributed by atoms with van der Waals surface area (Å²) in [6, 6.07) is 4.17. The normalized spacial score (nSPS) is 18.2. The fourth-order valence-electron chi connectivity index (χ4n) is 1.83. The third-order valence-electron chi connectivity index (χ3n) is 2.76. The maximum Gasteiger partial charge on any atom is 0.270 e. The molecular formula is C11H12ClNO4S. The predicted octanol–water partition coefficient (Wildman–Crippen LogP) is 1.75. The number of halogens is 1. The lowest BCUT2D eigenvalue weighted by atomic mass is 10.0. The van der Waals surface area contributed by atoms with E-state index in [1.807, 2.05) is 0 Å². The standard InChI is InChI=1S/C11H12ClNO4S/c1-11(2)10(14)13(3)8-6-7(18(12,15)16)4-5-9(8)17-11/h4-6H,1-3H3. The SMILES string of the molecule is CN1C(=O)C(C)(C)Oc2ccc(S(=O)(=O)Cl)cc21. The van der Waals surface area contributed by atoms with E-state index in [-0.39, 0.29) is 10.8 Å². The minimum Gasteiger partial charge on any atom is -0.476 e. The van der Waals surface area contributed by atoms with Crippen LogP contribution in [0.25, 0.3) is 0 Å². The van der Waals surface area contributed by atoms with Crippen LogP contribution in [0.3, 0.4) is 0 Å². The molecule has 0 spiro atoms. The monoisotopic (exact) mass is 289 g/mol. The number of anilines is 1. The Balaban J connectivity index is 2.60. The molecule has 1 aliphatic heterocycles. The summed E-state index contributed by atoms with van der Waals surface area (Å²) in [5, 5.41) is 0. The second kappa shape index (κ2) is 3.86. The number of amides is 1. The molecule has 7 heteroatoms. The number of hydrogen-bond acceptors (Lipinski definition) is 4. The maximum atomic E-state index is 12.0. The summed E-state index contributed by atoms with van der Waals surface area (Å²) in [6.45, 7) is 3.31. The molecule has 0 saturated heterocycles. The molecule has 0 aliphatic carbocycles. The first kappa shape index (κ1) is 13.2. The van der Waals surface area contributed by atoms with Gasteiger partial charge < -0.3 is 9.64 Å². The van der Waals surface area contributed by atoms with Gasteiger partial charge in [0.1, 0.15) is 5.75 Å². The molecule has 0 fully saturated rings. The summed E-state index contributed by atoms with van der Waals surface area (Å²) in [7, 11) is 3.01. The van der Waals surface area contributed by atoms with Crippen molar-refractivity contribution in [2.24, 2.45) is 0 Å². The van der Waals surface area contributed by atoms with Crippen LogP contribution in [0.15, 0.2) is 23.1 Å². The molecule has 0 N–H and O–H groups in total. The zero-order valence-electron chi connectivity index (χ0n) is 10.1. The first-order valence-corrected chi connectivity index (χ1v) is 7.50. The molecule has 0 saturated carbocycles. The highest BCUT2D eigenvalue weighted by Gasteiger charge is 2.39. The smallest absolute Gasteiger partial charge is 0.270 e. The fraction of sp³-hybridized carbons (Fsp3) is 0.364. The minimum atomic E-state index is -3.83. The van der Waals surface area contributed by atoms with Crippen LogP contribution in [0, 0.1) is 0 Å². The Morgan fingerprint density at radius 2 is 1.94 bits per heavy atom. The van der Waals surface area contributed by atoms with E-state index in [1.54, 1.807) is 20.9 Å². The van der Waals surface area contributed by atoms with Crippen LogP contribution in [0.4, 0.5) is 5.69 Å². The van der Waals surface area contributed by atoms with E-state index in [0.717, 1.165) is 0 Å². The highest BCUT2D eigenvalue weighted by molar-refractivity contribution is 8.13. The summed E-state index contributed by atoms with van der Waals surface area (Å²) in [6.07, 6.45) is 0. The molecule has 1 aromatic carbocycles. The lowest BCUT2D eigenvalue weighted by Crippen LogP contribution is -2.50. The van der Waals surface area contributed by atoms with E-state index < -0.39 is 14.7 Å². The van der Waals surface area contributed by atoms with E-state index in [9.17, 15) is 13.2 Å². The van der Waals surface area contributed by atoms with Crippen molar-refractivity contribution in [3.63, 3.8) is 0 Å². The van der Waals surface area contributed by atoms with Gasteiger partial charge in [0.05, 0.1) is 10.6 Å². The second-order valence-corrected chi connectivity index (χ2v) is 7.11. The van der Waals surface area contributed by atoms with Crippen LogP contribution < -0.4 is 9.64 Å². The van der Waals surface area contributed by atoms with Crippen LogP contribution in [0.2, 0.25) is 0 Å². The molecule has 2 rings (SSSR count). The predicted molar refractivity (Wildman–Crippen MR) is 67.6 cm³/mol. The maximum absolute atomic E-state index is 12.0. The van der Waals surface area contributed by atoms with Crippen molar-refractivity contribution in [3.05, 3.63) is 18.2 Å². The highest BCUT2D eigenvalue weighted by atomic mass is 35.7. The fourth-order valence-corrected chi connectivity index (χ4v) is 2.60. The first-order chi connectivity index (χ1) is 8.13. The Bertz CT molecular complexity index is 624. The van der Waals surface area contributed by atoms with Gasteiger partial charge in [-0.1, -0.05) is 0 Å². The zero-order valence-corrected chi connectivity index (χ0v) is 11.7. The molecule has 1 amide bonds. The molecule has 5 nitrogen and oxygen atoms in total. The molecule has 1 aliphatic rings. The number of nitrogens with zero attached hydrogens (tertiary/aromatic N) is 1. The summed E-state index contributed by atoms with van der Waals surface area (Å²) < 4.78 is 28.1. The molecule has 0 atom stereocenters. The molecular weight excluding hydrogens is 278 g/mol. The Morgan fingerprint density at radius 3 is 2.50 bits per heavy atom. The van der Waals surface area contributed by atoms with E-state index in [2.05, 4.69) is 0 Å². The average molecular weight is 290 g/mol. The molecule has 0 unspecified atom stereocenters. The van der Waals surface area contributed by atoms with Crippen molar-refractivity contribution >= 4 is 31.3 Å². The van der Waals surface area contributed by atoms with Gasteiger partial charge in [0.2, 0.25) is 0 Å². The summed E-state index contributed by atoms with van der Waals surface area (Å²) in [4.78, 5) is 13.3. The summed E-state index contributed by atoms with van der Waals surface area (Å²) >= 11 is 0. The average Bonchev–Trinajstić information content (AvgIpc) is 2.24. The zero-order chi connectivity index (χ0) is 13.7. The number of hydrogen-bond donors (Lipinski definition) is 0. The molecule has 0 bridgehead atoms. The number of likely N-dealkylation sites (N-methyl/N-ethyl adjacent to an activating group) is 1. The minimum absolute atomic E-state index is 0.0640. The number of ether oxygens (including phenoxy) is 1. The van der Waals surface area contributed by atoms with E-state index >= 15 is 0 Å². The van der Waals surface area contributed by atoms with Gasteiger partial charge in [-0.15, -0.1) is 0 Å². The molecule has 1 aromatic rings. The number of benzene rings is 1. The van der Waals surface area contributed by atoms with Gasteiger partial charge in [-0.2, -0.15) is 0 Å². The second-order valence-electron chi connectivity index (χ2n) is 4.54. The van der Waals surface area contributed by atoms with Crippen molar-refractivity contribution in [1.29, 1.82) is 0 Å². The lowest BCUT2D eigenvalue weighted by molar-refractivity contribution is -0.132. The van der Waals surface area contributed by atoms with Crippen LogP contribution in [0.5, 0.6) is 5.75 Å². The highest BCUT2D eigenvalue weighted by Crippen LogP contribution is 2.38. The van der Waals surface area contributed by atoms with Crippen molar-refractivity contribution < 1.29 is 17.9 Å². The van der Waals surface area contributed by atoms with Crippen LogP contribution in [0.1, 0.15) is 13.8 Å². The van der Waals surface area contributed by atoms with Gasteiger partial charge in [0, 0.05) is 17.7 Å². The van der Waals surface area contributed by atoms with Gasteiger partial charge in [-0.05, 0) is 32.0 Å². The Hall–Kier alpha value is -1.27. The van der Waals surface area contributed by atoms with E-state index in [0.29, 0.717) is 11.4 Å². The van der Waals surface area contributed by atoms with Gasteiger partial charge >= 0.3 is 0 Å². The van der Waals surface area contributed by atoms with E-state index in [4.69, 9.17) is 15.4 Å². The number of fused-ring (bicyclic) bond motifs is 1. The Morgan fingerprint density at radius 1 is 1.33 bits per heavy atom. The van der Waals surface area contributed by atoms with Gasteiger partial charge in [-0.25, -0.2) is 8.42 Å². The molecule has 1 heterocycles. The lowest BCUT2D eigenvalue weighted by Gasteiger charge is -2.36. The van der Waals surface area contributed by atoms with Crippen LogP contribution in [-0.2, 0) is 13.8 Å². The van der Waals surface area contributed by atoms with Crippen LogP contribution in [-0.4, -0.2) is 27.0 Å². The van der Waals surface area contributed by atoms with Crippen molar-refractivity contribution in [2.45, 2.75) is 24.3 Å². The molecule has 98 valence electrons. The summed E-state index contributed by atoms with van der Waals surface area (Å²) in [5.41, 5.74) is -0.579. The topological polar surface area (TPSA) is 63.7 Å². The van der Waals surface area contributed by atoms with Gasteiger partial charge in [0.15, 0.2) is 5.60 Å². The van der Waals surface area contributed by atoms with Crippen molar-refractivity contribution in [3.8, 4) is 5.75 Å². The molecule has 0 aromatic heterocycles. The van der Waals surface area contributed by atoms with E-state index in [1.165, 1.54) is 23.1 Å². The van der Waals surface area contributed by atoms with Gasteiger partial charge in [-0.3, -0.25) is 4.79 Å². The number of rotatable bonds is 1. The van der Waals surface area contributed by atoms with Gasteiger partial charge in [0.25, 0.3) is 15.0 Å². The Kier molecular flexibility index (Phi) is 2.82. The van der Waals surface area contributed by atoms with Crippen molar-refractivity contribution in [2.75, 3.05) is 11.9 Å². The van der Waals surface area contributed by atoms with Crippen molar-refractivity contribution in [1.82, 2.24) is 0 Å². The van der Waals surface area contributed by atoms with Crippen LogP contribution >= 0.6 is 10.7 Å². The third-order valence-corrected chi connectivity index (χ3v) is 4.11. The molecule has 18 heavy (non-hydrogen) atoms. The summed E-state index contributed by atoms with van der Waals surface area (Å²) in [5.74, 6) is 0.199. The third kappa shape index (κ3) is 2.06. The largest absolute Gasteiger partial charge is 0.476 e. The molecule has 0 radical (unpaired) electrons. The first-order valence-electron chi connectivity index (χ1n) is 5.19. The number of carbonyl (C=O) groups excluding carboxylic acids is 1.